The molecule has 0 amide bonds. The molecule has 1 aromatic carbocycles. The minimum atomic E-state index is -1.02. The molecule has 1 fully saturated rings. The third kappa shape index (κ3) is 1.59. The van der Waals surface area contributed by atoms with Gasteiger partial charge in [0.15, 0.2) is 17.3 Å². The maximum atomic E-state index is 13.4. The second-order valence-electron chi connectivity index (χ2n) is 3.63. The molecule has 1 aliphatic rings. The van der Waals surface area contributed by atoms with Crippen LogP contribution in [0.3, 0.4) is 0 Å². The van der Waals surface area contributed by atoms with Crippen LogP contribution in [0.15, 0.2) is 10.5 Å². The van der Waals surface area contributed by atoms with Crippen molar-refractivity contribution in [3.8, 4) is 11.5 Å². The van der Waals surface area contributed by atoms with Crippen molar-refractivity contribution in [3.63, 3.8) is 0 Å². The molecule has 2 N–H and O–H groups in total. The van der Waals surface area contributed by atoms with Gasteiger partial charge in [0.05, 0.1) is 17.2 Å². The number of halogens is 2. The SMILES string of the molecule is COc1c(O)c(C2(O)CC2)cc(Br)c1F. The first-order chi connectivity index (χ1) is 6.99. The minimum absolute atomic E-state index is 0.174. The summed E-state index contributed by atoms with van der Waals surface area (Å²) >= 11 is 3.01. The molecule has 15 heavy (non-hydrogen) atoms. The maximum absolute atomic E-state index is 13.4. The molecule has 3 nitrogen and oxygen atoms in total. The average molecular weight is 277 g/mol. The highest BCUT2D eigenvalue weighted by molar-refractivity contribution is 9.10. The van der Waals surface area contributed by atoms with Crippen molar-refractivity contribution < 1.29 is 19.3 Å². The summed E-state index contributed by atoms with van der Waals surface area (Å²) in [5.41, 5.74) is -0.708. The van der Waals surface area contributed by atoms with Crippen LogP contribution in [0, 0.1) is 5.82 Å². The van der Waals surface area contributed by atoms with Gasteiger partial charge in [0, 0.05) is 5.56 Å². The molecule has 0 bridgehead atoms. The summed E-state index contributed by atoms with van der Waals surface area (Å²) in [7, 11) is 1.27. The minimum Gasteiger partial charge on any atom is -0.504 e. The molecule has 0 aliphatic heterocycles. The summed E-state index contributed by atoms with van der Waals surface area (Å²) in [5.74, 6) is -1.22. The monoisotopic (exact) mass is 276 g/mol. The topological polar surface area (TPSA) is 49.7 Å². The van der Waals surface area contributed by atoms with Crippen molar-refractivity contribution in [1.82, 2.24) is 0 Å². The van der Waals surface area contributed by atoms with E-state index in [-0.39, 0.29) is 16.0 Å². The van der Waals surface area contributed by atoms with Gasteiger partial charge in [0.25, 0.3) is 0 Å². The lowest BCUT2D eigenvalue weighted by Crippen LogP contribution is -2.06. The molecule has 0 radical (unpaired) electrons. The lowest BCUT2D eigenvalue weighted by molar-refractivity contribution is 0.146. The van der Waals surface area contributed by atoms with Crippen LogP contribution in [0.2, 0.25) is 0 Å². The van der Waals surface area contributed by atoms with E-state index in [0.29, 0.717) is 18.4 Å². The first-order valence-electron chi connectivity index (χ1n) is 4.47. The molecule has 0 spiro atoms. The number of aliphatic hydroxyl groups is 1. The predicted octanol–water partition coefficient (Wildman–Crippen LogP) is 2.28. The van der Waals surface area contributed by atoms with Crippen LogP contribution in [0.25, 0.3) is 0 Å². The van der Waals surface area contributed by atoms with E-state index in [1.165, 1.54) is 13.2 Å². The van der Waals surface area contributed by atoms with Crippen LogP contribution < -0.4 is 4.74 Å². The van der Waals surface area contributed by atoms with E-state index in [0.717, 1.165) is 0 Å². The van der Waals surface area contributed by atoms with Crippen LogP contribution in [0.5, 0.6) is 11.5 Å². The zero-order chi connectivity index (χ0) is 11.2. The molecule has 1 aromatic rings. The fraction of sp³-hybridized carbons (Fsp3) is 0.400. The van der Waals surface area contributed by atoms with E-state index < -0.39 is 11.4 Å². The van der Waals surface area contributed by atoms with Crippen LogP contribution in [0.1, 0.15) is 18.4 Å². The summed E-state index contributed by atoms with van der Waals surface area (Å²) in [6.45, 7) is 0. The Labute approximate surface area is 94.6 Å². The summed E-state index contributed by atoms with van der Waals surface area (Å²) in [4.78, 5) is 0. The standard InChI is InChI=1S/C10H10BrFO3/c1-15-9-7(12)6(11)4-5(8(9)13)10(14)2-3-10/h4,13-14H,2-3H2,1H3. The Morgan fingerprint density at radius 3 is 2.60 bits per heavy atom. The van der Waals surface area contributed by atoms with Gasteiger partial charge in [-0.1, -0.05) is 0 Å². The number of ether oxygens (including phenoxy) is 1. The molecular weight excluding hydrogens is 267 g/mol. The third-order valence-electron chi connectivity index (χ3n) is 2.58. The maximum Gasteiger partial charge on any atom is 0.198 e. The Kier molecular flexibility index (Phi) is 2.39. The van der Waals surface area contributed by atoms with E-state index in [9.17, 15) is 14.6 Å². The number of phenolic OH excluding ortho intramolecular Hbond substituents is 1. The first kappa shape index (κ1) is 10.7. The molecule has 2 rings (SSSR count). The van der Waals surface area contributed by atoms with Gasteiger partial charge in [0.2, 0.25) is 0 Å². The van der Waals surface area contributed by atoms with Gasteiger partial charge in [0.1, 0.15) is 0 Å². The summed E-state index contributed by atoms with van der Waals surface area (Å²) in [6.07, 6.45) is 1.14. The number of hydrogen-bond donors (Lipinski definition) is 2. The highest BCUT2D eigenvalue weighted by atomic mass is 79.9. The number of aromatic hydroxyl groups is 1. The highest BCUT2D eigenvalue weighted by Crippen LogP contribution is 2.52. The molecule has 0 aromatic heterocycles. The second kappa shape index (κ2) is 3.35. The highest BCUT2D eigenvalue weighted by Gasteiger charge is 2.45. The molecular formula is C10H10BrFO3. The van der Waals surface area contributed by atoms with E-state index in [4.69, 9.17) is 4.74 Å². The van der Waals surface area contributed by atoms with Gasteiger partial charge in [-0.25, -0.2) is 4.39 Å². The molecule has 0 saturated heterocycles. The van der Waals surface area contributed by atoms with E-state index in [1.807, 2.05) is 0 Å². The summed E-state index contributed by atoms with van der Waals surface area (Å²) in [6, 6.07) is 1.39. The van der Waals surface area contributed by atoms with Gasteiger partial charge in [-0.15, -0.1) is 0 Å². The lowest BCUT2D eigenvalue weighted by atomic mass is 10.1. The van der Waals surface area contributed by atoms with Crippen molar-refractivity contribution in [1.29, 1.82) is 0 Å². The zero-order valence-electron chi connectivity index (χ0n) is 8.05. The van der Waals surface area contributed by atoms with Gasteiger partial charge < -0.3 is 14.9 Å². The summed E-state index contributed by atoms with van der Waals surface area (Å²) in [5, 5.41) is 19.6. The van der Waals surface area contributed by atoms with Crippen molar-refractivity contribution >= 4 is 15.9 Å². The number of benzene rings is 1. The van der Waals surface area contributed by atoms with Crippen LogP contribution in [-0.2, 0) is 5.60 Å². The third-order valence-corrected chi connectivity index (χ3v) is 3.16. The quantitative estimate of drug-likeness (QED) is 0.872. The number of rotatable bonds is 2. The number of methoxy groups -OCH3 is 1. The lowest BCUT2D eigenvalue weighted by Gasteiger charge is -2.14. The molecule has 5 heteroatoms. The first-order valence-corrected chi connectivity index (χ1v) is 5.27. The van der Waals surface area contributed by atoms with Crippen molar-refractivity contribution in [2.45, 2.75) is 18.4 Å². The zero-order valence-corrected chi connectivity index (χ0v) is 9.64. The van der Waals surface area contributed by atoms with Gasteiger partial charge in [-0.05, 0) is 34.8 Å². The molecule has 82 valence electrons. The fourth-order valence-electron chi connectivity index (χ4n) is 1.52. The Balaban J connectivity index is 2.62. The smallest absolute Gasteiger partial charge is 0.198 e. The van der Waals surface area contributed by atoms with Crippen LogP contribution in [-0.4, -0.2) is 17.3 Å². The Morgan fingerprint density at radius 1 is 1.53 bits per heavy atom. The molecule has 0 atom stereocenters. The van der Waals surface area contributed by atoms with Crippen molar-refractivity contribution in [2.24, 2.45) is 0 Å². The fourth-order valence-corrected chi connectivity index (χ4v) is 1.93. The average Bonchev–Trinajstić information content (AvgIpc) is 2.92. The van der Waals surface area contributed by atoms with Crippen molar-refractivity contribution in [2.75, 3.05) is 7.11 Å². The Bertz CT molecular complexity index is 416. The van der Waals surface area contributed by atoms with E-state index in [1.54, 1.807) is 0 Å². The number of phenols is 1. The summed E-state index contributed by atoms with van der Waals surface area (Å²) < 4.78 is 18.4. The van der Waals surface area contributed by atoms with Gasteiger partial charge in [-0.2, -0.15) is 0 Å². The van der Waals surface area contributed by atoms with E-state index in [2.05, 4.69) is 15.9 Å². The largest absolute Gasteiger partial charge is 0.504 e. The van der Waals surface area contributed by atoms with Crippen molar-refractivity contribution in [3.05, 3.63) is 21.9 Å². The molecule has 0 unspecified atom stereocenters. The molecule has 1 aliphatic carbocycles. The Hall–Kier alpha value is -0.810. The van der Waals surface area contributed by atoms with Crippen LogP contribution >= 0.6 is 15.9 Å². The van der Waals surface area contributed by atoms with Gasteiger partial charge in [-0.3, -0.25) is 0 Å². The van der Waals surface area contributed by atoms with Crippen LogP contribution in [0.4, 0.5) is 4.39 Å². The Morgan fingerprint density at radius 2 is 2.13 bits per heavy atom. The molecule has 1 saturated carbocycles. The number of hydrogen-bond acceptors (Lipinski definition) is 3. The normalized spacial score (nSPS) is 17.6. The van der Waals surface area contributed by atoms with Gasteiger partial charge >= 0.3 is 0 Å². The predicted molar refractivity (Wildman–Crippen MR) is 55.4 cm³/mol. The van der Waals surface area contributed by atoms with E-state index >= 15 is 0 Å². The molecule has 0 heterocycles. The second-order valence-corrected chi connectivity index (χ2v) is 4.49.